The predicted octanol–water partition coefficient (Wildman–Crippen LogP) is 4.80. The summed E-state index contributed by atoms with van der Waals surface area (Å²) in [6, 6.07) is 10.4. The molecule has 3 heterocycles. The summed E-state index contributed by atoms with van der Waals surface area (Å²) in [5, 5.41) is 18.8. The van der Waals surface area contributed by atoms with Crippen molar-refractivity contribution in [3.8, 4) is 11.1 Å². The highest BCUT2D eigenvalue weighted by molar-refractivity contribution is 7.17. The van der Waals surface area contributed by atoms with Crippen LogP contribution in [0.4, 0.5) is 5.82 Å². The lowest BCUT2D eigenvalue weighted by atomic mass is 10.1. The number of thiazole rings is 1. The molecule has 5 rings (SSSR count). The van der Waals surface area contributed by atoms with Gasteiger partial charge in [0.15, 0.2) is 0 Å². The molecule has 5 nitrogen and oxygen atoms in total. The summed E-state index contributed by atoms with van der Waals surface area (Å²) in [5.74, 6) is 2.32. The second kappa shape index (κ2) is 6.99. The van der Waals surface area contributed by atoms with Gasteiger partial charge in [0.2, 0.25) is 0 Å². The van der Waals surface area contributed by atoms with Crippen molar-refractivity contribution < 1.29 is 5.11 Å². The van der Waals surface area contributed by atoms with Gasteiger partial charge >= 0.3 is 0 Å². The number of hydrogen-bond donors (Lipinski definition) is 2. The Morgan fingerprint density at radius 1 is 1.04 bits per heavy atom. The van der Waals surface area contributed by atoms with E-state index in [2.05, 4.69) is 39.9 Å². The summed E-state index contributed by atoms with van der Waals surface area (Å²) in [7, 11) is 0. The smallest absolute Gasteiger partial charge is 0.139 e. The van der Waals surface area contributed by atoms with E-state index in [1.165, 1.54) is 18.4 Å². The van der Waals surface area contributed by atoms with Gasteiger partial charge in [-0.3, -0.25) is 0 Å². The average molecular weight is 395 g/mol. The third-order valence-corrected chi connectivity index (χ3v) is 6.42. The zero-order valence-corrected chi connectivity index (χ0v) is 16.2. The predicted molar refractivity (Wildman–Crippen MR) is 110 cm³/mol. The quantitative estimate of drug-likeness (QED) is 0.492. The first-order chi connectivity index (χ1) is 13.3. The van der Waals surface area contributed by atoms with Crippen LogP contribution in [0.25, 0.3) is 21.3 Å². The second-order valence-corrected chi connectivity index (χ2v) is 8.45. The Kier molecular flexibility index (Phi) is 4.35. The van der Waals surface area contributed by atoms with Crippen LogP contribution in [0, 0.1) is 0 Å². The monoisotopic (exact) mass is 394 g/mol. The van der Waals surface area contributed by atoms with Gasteiger partial charge in [-0.25, -0.2) is 15.0 Å². The van der Waals surface area contributed by atoms with Gasteiger partial charge in [-0.1, -0.05) is 30.3 Å². The molecule has 0 amide bonds. The number of rotatable bonds is 6. The highest BCUT2D eigenvalue weighted by Crippen LogP contribution is 2.42. The Labute approximate surface area is 164 Å². The Balaban J connectivity index is 1.56. The van der Waals surface area contributed by atoms with E-state index < -0.39 is 0 Å². The van der Waals surface area contributed by atoms with Crippen LogP contribution in [-0.4, -0.2) is 20.1 Å². The molecule has 0 bridgehead atoms. The molecule has 0 aliphatic heterocycles. The van der Waals surface area contributed by atoms with Crippen LogP contribution in [-0.2, 0) is 13.2 Å². The molecule has 0 saturated heterocycles. The minimum absolute atomic E-state index is 0.0250. The van der Waals surface area contributed by atoms with E-state index in [9.17, 15) is 5.11 Å². The Morgan fingerprint density at radius 2 is 1.89 bits per heavy atom. The molecule has 0 radical (unpaired) electrons. The SMILES string of the molecule is OCc1csc(CNc2nc(C3CC3)nc3scc(-c4ccccc4)c23)n1. The fourth-order valence-electron chi connectivity index (χ4n) is 3.10. The topological polar surface area (TPSA) is 70.9 Å². The van der Waals surface area contributed by atoms with Crippen LogP contribution in [0.5, 0.6) is 0 Å². The molecule has 2 N–H and O–H groups in total. The zero-order valence-electron chi connectivity index (χ0n) is 14.6. The number of benzene rings is 1. The van der Waals surface area contributed by atoms with Crippen molar-refractivity contribution in [2.45, 2.75) is 31.9 Å². The first-order valence-corrected chi connectivity index (χ1v) is 10.7. The van der Waals surface area contributed by atoms with Gasteiger partial charge in [0.1, 0.15) is 21.5 Å². The van der Waals surface area contributed by atoms with Gasteiger partial charge in [0.25, 0.3) is 0 Å². The van der Waals surface area contributed by atoms with Crippen LogP contribution in [0.15, 0.2) is 41.1 Å². The van der Waals surface area contributed by atoms with Crippen LogP contribution >= 0.6 is 22.7 Å². The van der Waals surface area contributed by atoms with Gasteiger partial charge in [0.05, 0.1) is 24.2 Å². The third-order valence-electron chi connectivity index (χ3n) is 4.65. The molecule has 0 atom stereocenters. The molecule has 1 aromatic carbocycles. The summed E-state index contributed by atoms with van der Waals surface area (Å²) >= 11 is 3.22. The number of aliphatic hydroxyl groups is 1. The van der Waals surface area contributed by atoms with Crippen molar-refractivity contribution in [2.75, 3.05) is 5.32 Å². The number of fused-ring (bicyclic) bond motifs is 1. The van der Waals surface area contributed by atoms with Crippen LogP contribution in [0.1, 0.15) is 35.3 Å². The molecule has 1 fully saturated rings. The number of nitrogens with one attached hydrogen (secondary N) is 1. The molecular formula is C20H18N4OS2. The minimum atomic E-state index is -0.0250. The van der Waals surface area contributed by atoms with Crippen molar-refractivity contribution in [1.82, 2.24) is 15.0 Å². The van der Waals surface area contributed by atoms with Crippen molar-refractivity contribution in [3.05, 3.63) is 57.6 Å². The van der Waals surface area contributed by atoms with Crippen molar-refractivity contribution in [2.24, 2.45) is 0 Å². The lowest BCUT2D eigenvalue weighted by Crippen LogP contribution is -2.05. The van der Waals surface area contributed by atoms with Crippen molar-refractivity contribution in [3.63, 3.8) is 0 Å². The largest absolute Gasteiger partial charge is 0.390 e. The van der Waals surface area contributed by atoms with Gasteiger partial charge in [0, 0.05) is 22.2 Å². The van der Waals surface area contributed by atoms with Crippen LogP contribution in [0.2, 0.25) is 0 Å². The van der Waals surface area contributed by atoms with E-state index in [0.717, 1.165) is 32.4 Å². The number of anilines is 1. The molecule has 1 aliphatic rings. The van der Waals surface area contributed by atoms with E-state index in [1.54, 1.807) is 22.7 Å². The maximum Gasteiger partial charge on any atom is 0.139 e. The third kappa shape index (κ3) is 3.34. The fraction of sp³-hybridized carbons (Fsp3) is 0.250. The second-order valence-electron chi connectivity index (χ2n) is 6.64. The average Bonchev–Trinajstić information content (AvgIpc) is 3.31. The van der Waals surface area contributed by atoms with Gasteiger partial charge in [-0.15, -0.1) is 22.7 Å². The standard InChI is InChI=1S/C20H18N4OS2/c25-9-14-10-26-16(22-14)8-21-19-17-15(12-4-2-1-3-5-12)11-27-20(17)24-18(23-19)13-6-7-13/h1-5,10-11,13,25H,6-9H2,(H,21,23,24). The lowest BCUT2D eigenvalue weighted by Gasteiger charge is -2.09. The Hall–Kier alpha value is -2.35. The van der Waals surface area contributed by atoms with Gasteiger partial charge in [-0.2, -0.15) is 0 Å². The van der Waals surface area contributed by atoms with Crippen molar-refractivity contribution >= 4 is 38.7 Å². The zero-order chi connectivity index (χ0) is 18.2. The molecule has 136 valence electrons. The Bertz CT molecular complexity index is 1090. The van der Waals surface area contributed by atoms with Gasteiger partial charge in [-0.05, 0) is 18.4 Å². The first-order valence-electron chi connectivity index (χ1n) is 8.94. The highest BCUT2D eigenvalue weighted by Gasteiger charge is 2.28. The van der Waals surface area contributed by atoms with E-state index in [1.807, 2.05) is 11.4 Å². The maximum absolute atomic E-state index is 9.22. The fourth-order valence-corrected chi connectivity index (χ4v) is 4.78. The number of aliphatic hydroxyl groups excluding tert-OH is 1. The number of hydrogen-bond acceptors (Lipinski definition) is 7. The summed E-state index contributed by atoms with van der Waals surface area (Å²) < 4.78 is 0. The first kappa shape index (κ1) is 16.8. The summed E-state index contributed by atoms with van der Waals surface area (Å²) in [6.07, 6.45) is 2.35. The summed E-state index contributed by atoms with van der Waals surface area (Å²) in [6.45, 7) is 0.563. The highest BCUT2D eigenvalue weighted by atomic mass is 32.1. The molecule has 3 aromatic heterocycles. The normalized spacial score (nSPS) is 14.0. The number of thiophene rings is 1. The van der Waals surface area contributed by atoms with E-state index in [0.29, 0.717) is 18.2 Å². The molecule has 7 heteroatoms. The summed E-state index contributed by atoms with van der Waals surface area (Å²) in [5.41, 5.74) is 3.05. The van der Waals surface area contributed by atoms with E-state index in [4.69, 9.17) is 9.97 Å². The molecule has 0 spiro atoms. The van der Waals surface area contributed by atoms with E-state index in [-0.39, 0.29) is 6.61 Å². The lowest BCUT2D eigenvalue weighted by molar-refractivity contribution is 0.277. The molecule has 0 unspecified atom stereocenters. The molecular weight excluding hydrogens is 376 g/mol. The Morgan fingerprint density at radius 3 is 2.63 bits per heavy atom. The number of aromatic nitrogens is 3. The minimum Gasteiger partial charge on any atom is -0.390 e. The van der Waals surface area contributed by atoms with Crippen molar-refractivity contribution in [1.29, 1.82) is 0 Å². The molecule has 4 aromatic rings. The molecule has 1 saturated carbocycles. The number of nitrogens with zero attached hydrogens (tertiary/aromatic N) is 3. The van der Waals surface area contributed by atoms with Crippen LogP contribution in [0.3, 0.4) is 0 Å². The molecule has 27 heavy (non-hydrogen) atoms. The van der Waals surface area contributed by atoms with E-state index >= 15 is 0 Å². The van der Waals surface area contributed by atoms with Gasteiger partial charge < -0.3 is 10.4 Å². The van der Waals surface area contributed by atoms with Crippen LogP contribution < -0.4 is 5.32 Å². The molecule has 1 aliphatic carbocycles. The maximum atomic E-state index is 9.22. The summed E-state index contributed by atoms with van der Waals surface area (Å²) in [4.78, 5) is 15.2.